The summed E-state index contributed by atoms with van der Waals surface area (Å²) in [5.41, 5.74) is 7.72. The summed E-state index contributed by atoms with van der Waals surface area (Å²) in [5, 5.41) is 0. The van der Waals surface area contributed by atoms with Gasteiger partial charge in [0.2, 0.25) is 0 Å². The third kappa shape index (κ3) is 8.20. The molecule has 0 saturated heterocycles. The van der Waals surface area contributed by atoms with Crippen LogP contribution in [-0.4, -0.2) is 31.2 Å². The van der Waals surface area contributed by atoms with Crippen molar-refractivity contribution in [2.45, 2.75) is 19.3 Å². The minimum absolute atomic E-state index is 0. The van der Waals surface area contributed by atoms with Gasteiger partial charge in [-0.2, -0.15) is 0 Å². The topological polar surface area (TPSA) is 0 Å². The molecule has 0 atom stereocenters. The van der Waals surface area contributed by atoms with E-state index in [0.717, 1.165) is 43.4 Å². The van der Waals surface area contributed by atoms with E-state index in [4.69, 9.17) is 0 Å². The Morgan fingerprint density at radius 2 is 0.758 bits per heavy atom. The fourth-order valence-corrected chi connectivity index (χ4v) is 3.99. The van der Waals surface area contributed by atoms with Gasteiger partial charge < -0.3 is 16.9 Å². The molecule has 3 rings (SSSR count). The Morgan fingerprint density at radius 3 is 0.970 bits per heavy atom. The van der Waals surface area contributed by atoms with Crippen LogP contribution in [-0.2, 0) is 19.3 Å². The lowest BCUT2D eigenvalue weighted by molar-refractivity contribution is -0.909. The van der Waals surface area contributed by atoms with Gasteiger partial charge in [-0.05, 0) is 33.4 Å². The quantitative estimate of drug-likeness (QED) is 0.359. The summed E-state index contributed by atoms with van der Waals surface area (Å²) < 4.78 is 1.05. The van der Waals surface area contributed by atoms with Gasteiger partial charge in [-0.1, -0.05) is 111 Å². The van der Waals surface area contributed by atoms with Crippen LogP contribution < -0.4 is 12.4 Å². The van der Waals surface area contributed by atoms with E-state index in [1.807, 2.05) is 18.2 Å². The first-order chi connectivity index (χ1) is 15.5. The maximum Gasteiger partial charge on any atom is 0.0825 e. The number of benzene rings is 3. The van der Waals surface area contributed by atoms with Crippen molar-refractivity contribution in [2.75, 3.05) is 26.7 Å². The average Bonchev–Trinajstić information content (AvgIpc) is 2.86. The highest BCUT2D eigenvalue weighted by Gasteiger charge is 2.21. The maximum absolute atomic E-state index is 3.86. The predicted octanol–water partition coefficient (Wildman–Crippen LogP) is 4.09. The maximum atomic E-state index is 3.86. The van der Waals surface area contributed by atoms with Gasteiger partial charge in [-0.15, -0.1) is 0 Å². The van der Waals surface area contributed by atoms with Crippen molar-refractivity contribution in [3.05, 3.63) is 126 Å². The number of rotatable bonds is 12. The van der Waals surface area contributed by atoms with E-state index in [1.165, 1.54) is 33.4 Å². The summed E-state index contributed by atoms with van der Waals surface area (Å²) in [4.78, 5) is 0. The second-order valence-electron chi connectivity index (χ2n) is 8.88. The first kappa shape index (κ1) is 26.4. The monoisotopic (exact) mass is 457 g/mol. The number of hydrogen-bond acceptors (Lipinski definition) is 0. The summed E-state index contributed by atoms with van der Waals surface area (Å²) in [6.45, 7) is 15.0. The van der Waals surface area contributed by atoms with Gasteiger partial charge >= 0.3 is 0 Å². The molecule has 0 amide bonds. The van der Waals surface area contributed by atoms with Crippen molar-refractivity contribution in [3.63, 3.8) is 0 Å². The van der Waals surface area contributed by atoms with Crippen molar-refractivity contribution in [1.82, 2.24) is 0 Å². The highest BCUT2D eigenvalue weighted by molar-refractivity contribution is 5.48. The molecule has 0 radical (unpaired) electrons. The number of likely N-dealkylation sites (N-methyl/N-ethyl adjacent to an activating group) is 1. The van der Waals surface area contributed by atoms with Crippen molar-refractivity contribution >= 4 is 18.2 Å². The van der Waals surface area contributed by atoms with Crippen LogP contribution in [0, 0.1) is 0 Å². The van der Waals surface area contributed by atoms with Crippen LogP contribution in [0.1, 0.15) is 33.4 Å². The van der Waals surface area contributed by atoms with Gasteiger partial charge in [0.15, 0.2) is 0 Å². The minimum atomic E-state index is 0. The van der Waals surface area contributed by atoms with E-state index < -0.39 is 0 Å². The standard InChI is InChI=1S/C31H36N.ClH/c1-5-26-8-14-29(15-9-26)20-23-32(4,24-21-30-16-10-27(6-2)11-17-30)25-22-31-18-12-28(7-3)13-19-31;/h5-19H,1-3,20-25H2,4H3;1H/q+1;/p-1. The molecule has 172 valence electrons. The zero-order valence-electron chi connectivity index (χ0n) is 19.8. The van der Waals surface area contributed by atoms with Gasteiger partial charge in [0.1, 0.15) is 0 Å². The number of hydrogen-bond donors (Lipinski definition) is 0. The highest BCUT2D eigenvalue weighted by Crippen LogP contribution is 2.15. The Balaban J connectivity index is 0.00000385. The van der Waals surface area contributed by atoms with E-state index in [2.05, 4.69) is 99.6 Å². The van der Waals surface area contributed by atoms with Crippen LogP contribution in [0.4, 0.5) is 0 Å². The molecule has 33 heavy (non-hydrogen) atoms. The molecule has 3 aromatic carbocycles. The number of halogens is 1. The van der Waals surface area contributed by atoms with Crippen molar-refractivity contribution in [1.29, 1.82) is 0 Å². The summed E-state index contributed by atoms with van der Waals surface area (Å²) in [6.07, 6.45) is 8.95. The van der Waals surface area contributed by atoms with Crippen LogP contribution in [0.15, 0.2) is 92.5 Å². The fraction of sp³-hybridized carbons (Fsp3) is 0.226. The summed E-state index contributed by atoms with van der Waals surface area (Å²) in [5.74, 6) is 0. The lowest BCUT2D eigenvalue weighted by Gasteiger charge is -2.35. The Bertz CT molecular complexity index is 879. The Labute approximate surface area is 206 Å². The zero-order chi connectivity index (χ0) is 22.8. The van der Waals surface area contributed by atoms with Gasteiger partial charge in [-0.25, -0.2) is 0 Å². The normalized spacial score (nSPS) is 10.8. The second-order valence-corrected chi connectivity index (χ2v) is 8.88. The summed E-state index contributed by atoms with van der Waals surface area (Å²) >= 11 is 0. The molecule has 0 spiro atoms. The SMILES string of the molecule is C=Cc1ccc(CC[N+](C)(CCc2ccc(C=C)cc2)CCc2ccc(C=C)cc2)cc1.[Cl-]. The van der Waals surface area contributed by atoms with Gasteiger partial charge in [-0.3, -0.25) is 0 Å². The zero-order valence-corrected chi connectivity index (χ0v) is 20.6. The van der Waals surface area contributed by atoms with Crippen LogP contribution in [0.3, 0.4) is 0 Å². The second kappa shape index (κ2) is 13.0. The molecule has 0 unspecified atom stereocenters. The molecule has 1 nitrogen and oxygen atoms in total. The first-order valence-corrected chi connectivity index (χ1v) is 11.5. The number of nitrogens with zero attached hydrogens (tertiary/aromatic N) is 1. The lowest BCUT2D eigenvalue weighted by atomic mass is 10.0. The average molecular weight is 458 g/mol. The Hall–Kier alpha value is -2.87. The molecule has 0 heterocycles. The highest BCUT2D eigenvalue weighted by atomic mass is 35.5. The molecule has 0 aliphatic carbocycles. The van der Waals surface area contributed by atoms with E-state index in [1.54, 1.807) is 0 Å². The van der Waals surface area contributed by atoms with Crippen molar-refractivity contribution in [2.24, 2.45) is 0 Å². The van der Waals surface area contributed by atoms with E-state index in [9.17, 15) is 0 Å². The first-order valence-electron chi connectivity index (χ1n) is 11.5. The van der Waals surface area contributed by atoms with E-state index >= 15 is 0 Å². The molecular weight excluding hydrogens is 422 g/mol. The third-order valence-electron chi connectivity index (χ3n) is 6.47. The summed E-state index contributed by atoms with van der Waals surface area (Å²) in [6, 6.07) is 26.4. The van der Waals surface area contributed by atoms with Crippen LogP contribution >= 0.6 is 0 Å². The van der Waals surface area contributed by atoms with E-state index in [-0.39, 0.29) is 12.4 Å². The van der Waals surface area contributed by atoms with Crippen LogP contribution in [0.2, 0.25) is 0 Å². The van der Waals surface area contributed by atoms with Crippen LogP contribution in [0.25, 0.3) is 18.2 Å². The number of quaternary nitrogens is 1. The van der Waals surface area contributed by atoms with Gasteiger partial charge in [0.25, 0.3) is 0 Å². The van der Waals surface area contributed by atoms with Crippen LogP contribution in [0.5, 0.6) is 0 Å². The lowest BCUT2D eigenvalue weighted by Crippen LogP contribution is -3.00. The molecular formula is C31H36ClN. The minimum Gasteiger partial charge on any atom is -1.00 e. The Morgan fingerprint density at radius 1 is 0.515 bits per heavy atom. The van der Waals surface area contributed by atoms with Crippen molar-refractivity contribution in [3.8, 4) is 0 Å². The van der Waals surface area contributed by atoms with Crippen molar-refractivity contribution < 1.29 is 16.9 Å². The van der Waals surface area contributed by atoms with Gasteiger partial charge in [0, 0.05) is 19.3 Å². The molecule has 0 aliphatic rings. The third-order valence-corrected chi connectivity index (χ3v) is 6.47. The van der Waals surface area contributed by atoms with E-state index in [0.29, 0.717) is 0 Å². The smallest absolute Gasteiger partial charge is 0.0825 e. The molecule has 2 heteroatoms. The summed E-state index contributed by atoms with van der Waals surface area (Å²) in [7, 11) is 2.41. The Kier molecular flexibility index (Phi) is 10.4. The molecule has 0 aliphatic heterocycles. The predicted molar refractivity (Wildman–Crippen MR) is 141 cm³/mol. The largest absolute Gasteiger partial charge is 1.00 e. The molecule has 0 fully saturated rings. The molecule has 0 N–H and O–H groups in total. The molecule has 0 aromatic heterocycles. The van der Waals surface area contributed by atoms with Gasteiger partial charge in [0.05, 0.1) is 26.7 Å². The molecule has 3 aromatic rings. The molecule has 0 bridgehead atoms. The molecule has 0 saturated carbocycles. The fourth-order valence-electron chi connectivity index (χ4n) is 3.99.